The number of halogens is 2. The molecule has 3 N–H and O–H groups in total. The number of benzene rings is 2. The van der Waals surface area contributed by atoms with Crippen LogP contribution in [0.4, 0.5) is 4.39 Å². The van der Waals surface area contributed by atoms with Crippen LogP contribution in [0.5, 0.6) is 11.5 Å². The van der Waals surface area contributed by atoms with Crippen LogP contribution in [-0.4, -0.2) is 12.1 Å². The lowest BCUT2D eigenvalue weighted by molar-refractivity contribution is 0.471. The summed E-state index contributed by atoms with van der Waals surface area (Å²) in [7, 11) is 0. The molecule has 0 heterocycles. The maximum absolute atomic E-state index is 13.3. The maximum Gasteiger partial charge on any atom is 0.144 e. The lowest BCUT2D eigenvalue weighted by Gasteiger charge is -2.14. The van der Waals surface area contributed by atoms with Crippen LogP contribution >= 0.6 is 27.7 Å². The molecule has 0 saturated carbocycles. The average Bonchev–Trinajstić information content (AvgIpc) is 2.42. The number of thioether (sulfide) groups is 1. The molecule has 104 valence electrons. The van der Waals surface area contributed by atoms with Crippen LogP contribution in [-0.2, 0) is 0 Å². The Morgan fingerprint density at radius 3 is 2.70 bits per heavy atom. The summed E-state index contributed by atoms with van der Waals surface area (Å²) in [6.45, 7) is 0. The molecule has 0 bridgehead atoms. The lowest BCUT2D eigenvalue weighted by Crippen LogP contribution is -2.13. The average molecular weight is 355 g/mol. The summed E-state index contributed by atoms with van der Waals surface area (Å²) < 4.78 is 19.6. The van der Waals surface area contributed by atoms with Gasteiger partial charge in [-0.15, -0.1) is 11.8 Å². The van der Waals surface area contributed by atoms with Crippen molar-refractivity contribution < 1.29 is 9.13 Å². The third-order valence-corrected chi connectivity index (χ3v) is 4.03. The molecule has 0 unspecified atom stereocenters. The van der Waals surface area contributed by atoms with E-state index in [9.17, 15) is 4.39 Å². The zero-order valence-corrected chi connectivity index (χ0v) is 13.0. The van der Waals surface area contributed by atoms with E-state index in [1.807, 2.05) is 12.3 Å². The number of nitrogen functional groups attached to an aromatic ring is 1. The van der Waals surface area contributed by atoms with E-state index in [0.29, 0.717) is 21.5 Å². The molecule has 0 aromatic heterocycles. The number of hydrogen-bond donors (Lipinski definition) is 2. The fourth-order valence-electron chi connectivity index (χ4n) is 1.71. The van der Waals surface area contributed by atoms with Crippen LogP contribution in [0.15, 0.2) is 45.8 Å². The van der Waals surface area contributed by atoms with Gasteiger partial charge in [-0.1, -0.05) is 6.07 Å². The molecule has 0 saturated heterocycles. The lowest BCUT2D eigenvalue weighted by atomic mass is 10.2. The largest absolute Gasteiger partial charge is 0.455 e. The molecule has 2 aromatic carbocycles. The summed E-state index contributed by atoms with van der Waals surface area (Å²) in [5.74, 6) is 0.285. The highest BCUT2D eigenvalue weighted by Gasteiger charge is 2.14. The first kappa shape index (κ1) is 14.9. The van der Waals surface area contributed by atoms with Gasteiger partial charge in [-0.2, -0.15) is 0 Å². The summed E-state index contributed by atoms with van der Waals surface area (Å²) in [5, 5.41) is 7.68. The van der Waals surface area contributed by atoms with Gasteiger partial charge in [-0.3, -0.25) is 5.41 Å². The van der Waals surface area contributed by atoms with Gasteiger partial charge < -0.3 is 10.5 Å². The van der Waals surface area contributed by atoms with E-state index >= 15 is 0 Å². The molecule has 2 aromatic rings. The van der Waals surface area contributed by atoms with Crippen molar-refractivity contribution >= 4 is 33.5 Å². The fourth-order valence-corrected chi connectivity index (χ4v) is 2.66. The Bertz CT molecular complexity index is 664. The third-order valence-electron chi connectivity index (χ3n) is 2.59. The summed E-state index contributed by atoms with van der Waals surface area (Å²) in [4.78, 5) is 0.836. The summed E-state index contributed by atoms with van der Waals surface area (Å²) in [6, 6.07) is 9.54. The molecule has 20 heavy (non-hydrogen) atoms. The number of rotatable bonds is 4. The molecule has 6 heteroatoms. The number of nitrogens with one attached hydrogen (secondary N) is 1. The van der Waals surface area contributed by atoms with Crippen molar-refractivity contribution in [1.82, 2.24) is 0 Å². The van der Waals surface area contributed by atoms with Crippen LogP contribution in [0, 0.1) is 11.2 Å². The van der Waals surface area contributed by atoms with Crippen molar-refractivity contribution in [3.8, 4) is 11.5 Å². The van der Waals surface area contributed by atoms with Crippen molar-refractivity contribution in [2.45, 2.75) is 4.90 Å². The second-order valence-electron chi connectivity index (χ2n) is 3.92. The van der Waals surface area contributed by atoms with Crippen molar-refractivity contribution in [2.75, 3.05) is 6.26 Å². The predicted octanol–water partition coefficient (Wildman–Crippen LogP) is 4.39. The van der Waals surface area contributed by atoms with Crippen molar-refractivity contribution in [1.29, 1.82) is 5.41 Å². The minimum absolute atomic E-state index is 0.0857. The Morgan fingerprint density at radius 2 is 2.05 bits per heavy atom. The van der Waals surface area contributed by atoms with E-state index in [0.717, 1.165) is 4.90 Å². The number of amidine groups is 1. The molecule has 0 atom stereocenters. The minimum atomic E-state index is -0.395. The van der Waals surface area contributed by atoms with Crippen LogP contribution in [0.1, 0.15) is 5.56 Å². The van der Waals surface area contributed by atoms with Crippen molar-refractivity contribution in [2.24, 2.45) is 5.73 Å². The van der Waals surface area contributed by atoms with E-state index in [1.165, 1.54) is 23.9 Å². The molecule has 0 fully saturated rings. The van der Waals surface area contributed by atoms with Crippen LogP contribution in [0.2, 0.25) is 0 Å². The first-order chi connectivity index (χ1) is 9.52. The fraction of sp³-hybridized carbons (Fsp3) is 0.0714. The van der Waals surface area contributed by atoms with Crippen LogP contribution in [0.25, 0.3) is 0 Å². The second-order valence-corrected chi connectivity index (χ2v) is 5.63. The van der Waals surface area contributed by atoms with Gasteiger partial charge in [0.2, 0.25) is 0 Å². The van der Waals surface area contributed by atoms with E-state index in [1.54, 1.807) is 18.2 Å². The summed E-state index contributed by atoms with van der Waals surface area (Å²) >= 11 is 4.77. The zero-order chi connectivity index (χ0) is 14.7. The Labute approximate surface area is 129 Å². The van der Waals surface area contributed by atoms with E-state index < -0.39 is 5.82 Å². The molecule has 0 spiro atoms. The van der Waals surface area contributed by atoms with E-state index in [2.05, 4.69) is 15.9 Å². The molecule has 0 aliphatic rings. The van der Waals surface area contributed by atoms with Gasteiger partial charge in [0.1, 0.15) is 23.2 Å². The van der Waals surface area contributed by atoms with E-state index in [4.69, 9.17) is 15.9 Å². The summed E-state index contributed by atoms with van der Waals surface area (Å²) in [5.41, 5.74) is 6.13. The first-order valence-corrected chi connectivity index (χ1v) is 7.69. The number of hydrogen-bond acceptors (Lipinski definition) is 3. The number of nitrogens with two attached hydrogens (primary N) is 1. The quantitative estimate of drug-likeness (QED) is 0.486. The standard InChI is InChI=1S/C14H12BrFN2OS/c1-20-12-4-2-3-10(13(12)14(17)18)19-11-7-8(16)5-6-9(11)15/h2-7H,1H3,(H3,17,18). The molecule has 0 aliphatic heterocycles. The topological polar surface area (TPSA) is 59.1 Å². The van der Waals surface area contributed by atoms with Crippen LogP contribution in [0.3, 0.4) is 0 Å². The highest BCUT2D eigenvalue weighted by molar-refractivity contribution is 9.10. The Kier molecular flexibility index (Phi) is 4.67. The monoisotopic (exact) mass is 354 g/mol. The third kappa shape index (κ3) is 3.13. The zero-order valence-electron chi connectivity index (χ0n) is 10.6. The number of ether oxygens (including phenoxy) is 1. The SMILES string of the molecule is CSc1cccc(Oc2cc(F)ccc2Br)c1C(=N)N. The highest BCUT2D eigenvalue weighted by atomic mass is 79.9. The minimum Gasteiger partial charge on any atom is -0.455 e. The normalized spacial score (nSPS) is 10.3. The Morgan fingerprint density at radius 1 is 1.30 bits per heavy atom. The Balaban J connectivity index is 2.48. The molecule has 0 aliphatic carbocycles. The van der Waals surface area contributed by atoms with Gasteiger partial charge in [0, 0.05) is 11.0 Å². The van der Waals surface area contributed by atoms with Crippen molar-refractivity contribution in [3.05, 3.63) is 52.3 Å². The smallest absolute Gasteiger partial charge is 0.144 e. The molecule has 2 rings (SSSR count). The molecule has 3 nitrogen and oxygen atoms in total. The highest BCUT2D eigenvalue weighted by Crippen LogP contribution is 2.35. The van der Waals surface area contributed by atoms with E-state index in [-0.39, 0.29) is 5.84 Å². The second kappa shape index (κ2) is 6.28. The van der Waals surface area contributed by atoms with Gasteiger partial charge in [0.15, 0.2) is 0 Å². The predicted molar refractivity (Wildman–Crippen MR) is 83.4 cm³/mol. The van der Waals surface area contributed by atoms with Gasteiger partial charge in [0.25, 0.3) is 0 Å². The summed E-state index contributed by atoms with van der Waals surface area (Å²) in [6.07, 6.45) is 1.89. The Hall–Kier alpha value is -1.53. The van der Waals surface area contributed by atoms with Crippen molar-refractivity contribution in [3.63, 3.8) is 0 Å². The molecular formula is C14H12BrFN2OS. The molecular weight excluding hydrogens is 343 g/mol. The van der Waals surface area contributed by atoms with Gasteiger partial charge in [-0.25, -0.2) is 4.39 Å². The molecule has 0 amide bonds. The maximum atomic E-state index is 13.3. The van der Waals surface area contributed by atoms with Gasteiger partial charge in [0.05, 0.1) is 10.0 Å². The van der Waals surface area contributed by atoms with Gasteiger partial charge in [-0.05, 0) is 46.5 Å². The first-order valence-electron chi connectivity index (χ1n) is 5.67. The molecule has 0 radical (unpaired) electrons. The van der Waals surface area contributed by atoms with Gasteiger partial charge >= 0.3 is 0 Å². The van der Waals surface area contributed by atoms with Crippen LogP contribution < -0.4 is 10.5 Å².